The van der Waals surface area contributed by atoms with Crippen LogP contribution in [0.4, 0.5) is 26.3 Å². The Hall–Kier alpha value is -3.42. The molecular formula is C32H30F6O2. The lowest BCUT2D eigenvalue weighted by atomic mass is 9.76. The summed E-state index contributed by atoms with van der Waals surface area (Å²) in [5.41, 5.74) is 1.45. The average molecular weight is 561 g/mol. The van der Waals surface area contributed by atoms with Gasteiger partial charge in [-0.1, -0.05) is 24.3 Å². The smallest absolute Gasteiger partial charge is 0.200 e. The predicted octanol–water partition coefficient (Wildman–Crippen LogP) is 9.19. The van der Waals surface area contributed by atoms with Gasteiger partial charge in [0.25, 0.3) is 0 Å². The van der Waals surface area contributed by atoms with E-state index in [1.165, 1.54) is 18.2 Å². The summed E-state index contributed by atoms with van der Waals surface area (Å²) in [5.74, 6) is -8.06. The molecule has 0 radical (unpaired) electrons. The first-order chi connectivity index (χ1) is 19.2. The first kappa shape index (κ1) is 28.1. The zero-order valence-corrected chi connectivity index (χ0v) is 21.8. The second kappa shape index (κ2) is 11.6. The van der Waals surface area contributed by atoms with Gasteiger partial charge in [-0.3, -0.25) is 0 Å². The molecule has 0 heterocycles. The van der Waals surface area contributed by atoms with E-state index in [-0.39, 0.29) is 34.4 Å². The van der Waals surface area contributed by atoms with Gasteiger partial charge in [-0.05, 0) is 116 Å². The number of rotatable bonds is 6. The average Bonchev–Trinajstić information content (AvgIpc) is 2.96. The molecule has 212 valence electrons. The second-order valence-electron chi connectivity index (χ2n) is 11.0. The molecule has 0 spiro atoms. The minimum absolute atomic E-state index is 0.0603. The summed E-state index contributed by atoms with van der Waals surface area (Å²) >= 11 is 0. The van der Waals surface area contributed by atoms with Crippen LogP contribution in [0.15, 0.2) is 42.5 Å². The van der Waals surface area contributed by atoms with Crippen molar-refractivity contribution in [1.29, 1.82) is 0 Å². The Morgan fingerprint density at radius 2 is 1.20 bits per heavy atom. The van der Waals surface area contributed by atoms with Gasteiger partial charge in [-0.25, -0.2) is 17.6 Å². The molecule has 0 amide bonds. The van der Waals surface area contributed by atoms with Crippen LogP contribution < -0.4 is 0 Å². The zero-order valence-electron chi connectivity index (χ0n) is 21.8. The van der Waals surface area contributed by atoms with Crippen molar-refractivity contribution in [2.24, 2.45) is 5.92 Å². The van der Waals surface area contributed by atoms with E-state index in [1.54, 1.807) is 18.2 Å². The molecule has 2 nitrogen and oxygen atoms in total. The number of aromatic hydroxyl groups is 2. The van der Waals surface area contributed by atoms with Gasteiger partial charge in [0.2, 0.25) is 11.6 Å². The molecule has 1 saturated carbocycles. The van der Waals surface area contributed by atoms with Crippen molar-refractivity contribution < 1.29 is 36.6 Å². The Morgan fingerprint density at radius 3 is 1.88 bits per heavy atom. The van der Waals surface area contributed by atoms with Crippen LogP contribution >= 0.6 is 0 Å². The highest BCUT2D eigenvalue weighted by Gasteiger charge is 2.28. The molecule has 0 aromatic heterocycles. The largest absolute Gasteiger partial charge is 0.505 e. The summed E-state index contributed by atoms with van der Waals surface area (Å²) in [6.45, 7) is 0. The van der Waals surface area contributed by atoms with E-state index in [1.807, 2.05) is 0 Å². The van der Waals surface area contributed by atoms with Gasteiger partial charge in [0.1, 0.15) is 0 Å². The topological polar surface area (TPSA) is 40.5 Å². The Morgan fingerprint density at radius 1 is 0.600 bits per heavy atom. The molecule has 1 atom stereocenters. The van der Waals surface area contributed by atoms with Crippen molar-refractivity contribution in [1.82, 2.24) is 0 Å². The van der Waals surface area contributed by atoms with Crippen LogP contribution in [-0.4, -0.2) is 10.2 Å². The molecule has 1 unspecified atom stereocenters. The van der Waals surface area contributed by atoms with E-state index in [0.717, 1.165) is 18.9 Å². The molecular weight excluding hydrogens is 530 g/mol. The van der Waals surface area contributed by atoms with Gasteiger partial charge >= 0.3 is 0 Å². The van der Waals surface area contributed by atoms with Gasteiger partial charge in [-0.15, -0.1) is 0 Å². The lowest BCUT2D eigenvalue weighted by molar-refractivity contribution is 0.302. The molecule has 2 aliphatic carbocycles. The third kappa shape index (κ3) is 5.45. The van der Waals surface area contributed by atoms with E-state index in [9.17, 15) is 27.8 Å². The van der Waals surface area contributed by atoms with Crippen LogP contribution in [0.3, 0.4) is 0 Å². The fourth-order valence-corrected chi connectivity index (χ4v) is 6.25. The maximum atomic E-state index is 15.1. The maximum absolute atomic E-state index is 15.1. The van der Waals surface area contributed by atoms with Gasteiger partial charge in [0.15, 0.2) is 34.8 Å². The molecule has 3 aromatic carbocycles. The van der Waals surface area contributed by atoms with E-state index in [4.69, 9.17) is 0 Å². The third-order valence-electron chi connectivity index (χ3n) is 8.65. The van der Waals surface area contributed by atoms with Crippen molar-refractivity contribution in [3.05, 3.63) is 99.6 Å². The summed E-state index contributed by atoms with van der Waals surface area (Å²) in [4.78, 5) is 0. The molecule has 3 aromatic rings. The highest BCUT2D eigenvalue weighted by molar-refractivity contribution is 5.68. The molecule has 5 rings (SSSR count). The lowest BCUT2D eigenvalue weighted by Crippen LogP contribution is -2.16. The van der Waals surface area contributed by atoms with Crippen LogP contribution in [0, 0.1) is 40.8 Å². The highest BCUT2D eigenvalue weighted by atomic mass is 19.2. The number of benzene rings is 3. The number of allylic oxidation sites excluding steroid dienone is 2. The molecule has 0 saturated heterocycles. The third-order valence-corrected chi connectivity index (χ3v) is 8.65. The van der Waals surface area contributed by atoms with Crippen LogP contribution in [-0.2, 0) is 6.42 Å². The van der Waals surface area contributed by atoms with E-state index < -0.39 is 46.4 Å². The van der Waals surface area contributed by atoms with Gasteiger partial charge in [0, 0.05) is 5.56 Å². The molecule has 0 bridgehead atoms. The summed E-state index contributed by atoms with van der Waals surface area (Å²) in [6, 6.07) is 8.22. The molecule has 2 aliphatic rings. The van der Waals surface area contributed by atoms with Crippen molar-refractivity contribution in [2.75, 3.05) is 0 Å². The number of hydrogen-bond donors (Lipinski definition) is 2. The summed E-state index contributed by atoms with van der Waals surface area (Å²) < 4.78 is 86.2. The van der Waals surface area contributed by atoms with Crippen LogP contribution in [0.2, 0.25) is 0 Å². The Balaban J connectivity index is 1.19. The fourth-order valence-electron chi connectivity index (χ4n) is 6.25. The molecule has 8 heteroatoms. The Labute approximate surface area is 229 Å². The van der Waals surface area contributed by atoms with Gasteiger partial charge in [-0.2, -0.15) is 8.78 Å². The molecule has 1 fully saturated rings. The zero-order chi connectivity index (χ0) is 28.6. The summed E-state index contributed by atoms with van der Waals surface area (Å²) in [5, 5.41) is 18.7. The van der Waals surface area contributed by atoms with Crippen molar-refractivity contribution in [2.45, 2.75) is 69.6 Å². The van der Waals surface area contributed by atoms with Crippen LogP contribution in [0.25, 0.3) is 5.57 Å². The summed E-state index contributed by atoms with van der Waals surface area (Å²) in [7, 11) is 0. The maximum Gasteiger partial charge on any atom is 0.200 e. The normalized spacial score (nSPS) is 21.4. The second-order valence-corrected chi connectivity index (χ2v) is 11.0. The number of halogens is 6. The van der Waals surface area contributed by atoms with Crippen molar-refractivity contribution >= 4 is 5.57 Å². The predicted molar refractivity (Wildman–Crippen MR) is 140 cm³/mol. The van der Waals surface area contributed by atoms with Gasteiger partial charge < -0.3 is 10.2 Å². The quantitative estimate of drug-likeness (QED) is 0.295. The number of aryl methyl sites for hydroxylation is 1. The molecule has 40 heavy (non-hydrogen) atoms. The standard InChI is InChI=1S/C32H30F6O2/c33-27-21(6-3-17-1-4-18(5-2-17)23-13-15-25(39)31(37)29(23)35)11-12-22(28(27)34)19-7-9-20(10-8-19)24-14-16-26(40)32(38)30(24)36/h9,11-19,39-40H,1-8,10H2. The minimum Gasteiger partial charge on any atom is -0.505 e. The first-order valence-corrected chi connectivity index (χ1v) is 13.7. The first-order valence-electron chi connectivity index (χ1n) is 13.7. The van der Waals surface area contributed by atoms with E-state index >= 15 is 8.78 Å². The van der Waals surface area contributed by atoms with Gasteiger partial charge in [0.05, 0.1) is 0 Å². The van der Waals surface area contributed by atoms with Crippen LogP contribution in [0.1, 0.15) is 85.5 Å². The molecule has 2 N–H and O–H groups in total. The van der Waals surface area contributed by atoms with Crippen LogP contribution in [0.5, 0.6) is 11.5 Å². The fraction of sp³-hybridized carbons (Fsp3) is 0.375. The van der Waals surface area contributed by atoms with Crippen molar-refractivity contribution in [3.8, 4) is 11.5 Å². The Kier molecular flexibility index (Phi) is 8.15. The number of phenols is 2. The SMILES string of the molecule is Oc1ccc(C2=CCC(c3ccc(CCC4CCC(c5ccc(O)c(F)c5F)CC4)c(F)c3F)CC2)c(F)c1F. The van der Waals surface area contributed by atoms with E-state index in [2.05, 4.69) is 0 Å². The minimum atomic E-state index is -1.31. The summed E-state index contributed by atoms with van der Waals surface area (Å²) in [6.07, 6.45) is 6.70. The monoisotopic (exact) mass is 560 g/mol. The number of phenolic OH excluding ortho intramolecular Hbond substituents is 2. The molecule has 0 aliphatic heterocycles. The Bertz CT molecular complexity index is 1440. The van der Waals surface area contributed by atoms with Crippen molar-refractivity contribution in [3.63, 3.8) is 0 Å². The van der Waals surface area contributed by atoms with E-state index in [0.29, 0.717) is 56.1 Å². The number of hydrogen-bond acceptors (Lipinski definition) is 2. The lowest BCUT2D eigenvalue weighted by Gasteiger charge is -2.29. The highest BCUT2D eigenvalue weighted by Crippen LogP contribution is 2.41.